The summed E-state index contributed by atoms with van der Waals surface area (Å²) in [5.74, 6) is 0.770. The van der Waals surface area contributed by atoms with Gasteiger partial charge in [0, 0.05) is 6.07 Å². The van der Waals surface area contributed by atoms with Crippen LogP contribution in [-0.4, -0.2) is 11.5 Å². The molecule has 0 radical (unpaired) electrons. The van der Waals surface area contributed by atoms with Crippen molar-refractivity contribution in [1.29, 1.82) is 0 Å². The average molecular weight is 293 g/mol. The number of ether oxygens (including phenoxy) is 1. The van der Waals surface area contributed by atoms with Crippen LogP contribution in [0, 0.1) is 10.1 Å². The van der Waals surface area contributed by atoms with Crippen LogP contribution in [0.4, 0.5) is 5.69 Å². The van der Waals surface area contributed by atoms with Crippen LogP contribution < -0.4 is 4.74 Å². The van der Waals surface area contributed by atoms with E-state index in [-0.39, 0.29) is 10.6 Å². The Morgan fingerprint density at radius 1 is 1.05 bits per heavy atom. The number of hydrogen-bond donors (Lipinski definition) is 0. The number of nitro benzene ring substituents is 1. The topological polar surface area (TPSA) is 52.4 Å². The van der Waals surface area contributed by atoms with E-state index >= 15 is 0 Å². The molecule has 0 saturated carbocycles. The lowest BCUT2D eigenvalue weighted by Crippen LogP contribution is -1.98. The Morgan fingerprint density at radius 3 is 2.73 bits per heavy atom. The lowest BCUT2D eigenvalue weighted by Gasteiger charge is -2.11. The molecule has 0 aliphatic carbocycles. The summed E-state index contributed by atoms with van der Waals surface area (Å²) in [6.45, 7) is 0.484. The van der Waals surface area contributed by atoms with Crippen molar-refractivity contribution in [2.75, 3.05) is 6.61 Å². The van der Waals surface area contributed by atoms with Crippen molar-refractivity contribution in [3.05, 3.63) is 82.4 Å². The van der Waals surface area contributed by atoms with Crippen LogP contribution in [0.1, 0.15) is 5.56 Å². The second-order valence-electron chi connectivity index (χ2n) is 4.97. The Labute approximate surface area is 128 Å². The maximum absolute atomic E-state index is 11.2. The first kappa shape index (κ1) is 14.1. The molecule has 110 valence electrons. The first-order valence-corrected chi connectivity index (χ1v) is 7.07. The zero-order valence-corrected chi connectivity index (χ0v) is 11.9. The molecule has 4 heteroatoms. The molecule has 0 bridgehead atoms. The molecule has 0 unspecified atom stereocenters. The zero-order valence-electron chi connectivity index (χ0n) is 11.9. The molecule has 1 aliphatic rings. The van der Waals surface area contributed by atoms with Gasteiger partial charge in [-0.15, -0.1) is 0 Å². The minimum Gasteiger partial charge on any atom is -0.489 e. The highest BCUT2D eigenvalue weighted by Gasteiger charge is 2.15. The van der Waals surface area contributed by atoms with Crippen LogP contribution in [0.2, 0.25) is 0 Å². The SMILES string of the molecule is O=[N+]([O-])c1ccccc1-c1ccc2c(c1)OC/C=C\C=C/C2. The number of nitrogens with zero attached hydrogens (tertiary/aromatic N) is 1. The van der Waals surface area contributed by atoms with Crippen LogP contribution in [0.15, 0.2) is 66.8 Å². The van der Waals surface area contributed by atoms with Crippen molar-refractivity contribution in [2.45, 2.75) is 6.42 Å². The molecule has 1 aliphatic heterocycles. The normalized spacial score (nSPS) is 16.4. The molecular weight excluding hydrogens is 278 g/mol. The summed E-state index contributed by atoms with van der Waals surface area (Å²) in [6, 6.07) is 12.5. The Balaban J connectivity index is 2.05. The second-order valence-corrected chi connectivity index (χ2v) is 4.97. The summed E-state index contributed by atoms with van der Waals surface area (Å²) in [7, 11) is 0. The molecule has 0 atom stereocenters. The first-order chi connectivity index (χ1) is 10.8. The molecule has 2 aromatic rings. The van der Waals surface area contributed by atoms with Gasteiger partial charge in [-0.25, -0.2) is 0 Å². The van der Waals surface area contributed by atoms with E-state index in [9.17, 15) is 10.1 Å². The minimum absolute atomic E-state index is 0.102. The van der Waals surface area contributed by atoms with Gasteiger partial charge in [-0.05, 0) is 35.8 Å². The van der Waals surface area contributed by atoms with E-state index in [4.69, 9.17) is 4.74 Å². The minimum atomic E-state index is -0.358. The predicted octanol–water partition coefficient (Wildman–Crippen LogP) is 4.31. The molecule has 0 saturated heterocycles. The molecule has 0 fully saturated rings. The Morgan fingerprint density at radius 2 is 1.86 bits per heavy atom. The fourth-order valence-corrected chi connectivity index (χ4v) is 2.45. The van der Waals surface area contributed by atoms with Gasteiger partial charge in [-0.3, -0.25) is 10.1 Å². The van der Waals surface area contributed by atoms with Gasteiger partial charge < -0.3 is 4.74 Å². The van der Waals surface area contributed by atoms with Gasteiger partial charge in [0.05, 0.1) is 10.5 Å². The highest BCUT2D eigenvalue weighted by molar-refractivity contribution is 5.74. The predicted molar refractivity (Wildman–Crippen MR) is 86.0 cm³/mol. The third kappa shape index (κ3) is 2.91. The van der Waals surface area contributed by atoms with Crippen LogP contribution in [0.25, 0.3) is 11.1 Å². The number of benzene rings is 2. The molecule has 1 heterocycles. The maximum atomic E-state index is 11.2. The van der Waals surface area contributed by atoms with E-state index in [1.54, 1.807) is 18.2 Å². The zero-order chi connectivity index (χ0) is 15.4. The molecule has 3 rings (SSSR count). The van der Waals surface area contributed by atoms with Crippen molar-refractivity contribution >= 4 is 5.69 Å². The van der Waals surface area contributed by atoms with Gasteiger partial charge in [-0.2, -0.15) is 0 Å². The fraction of sp³-hybridized carbons (Fsp3) is 0.111. The fourth-order valence-electron chi connectivity index (χ4n) is 2.45. The van der Waals surface area contributed by atoms with E-state index in [2.05, 4.69) is 6.08 Å². The summed E-state index contributed by atoms with van der Waals surface area (Å²) in [5, 5.41) is 11.2. The average Bonchev–Trinajstić information content (AvgIpc) is 2.66. The standard InChI is InChI=1S/C18H15NO3/c20-19(21)17-9-5-4-8-16(17)15-11-10-14-7-3-1-2-6-12-22-18(14)13-15/h1-6,8-11,13H,7,12H2/b3-1-,6-2-. The van der Waals surface area contributed by atoms with Gasteiger partial charge in [0.15, 0.2) is 0 Å². The Kier molecular flexibility index (Phi) is 4.01. The molecule has 0 amide bonds. The van der Waals surface area contributed by atoms with Crippen LogP contribution >= 0.6 is 0 Å². The van der Waals surface area contributed by atoms with Crippen LogP contribution in [0.5, 0.6) is 5.75 Å². The summed E-state index contributed by atoms with van der Waals surface area (Å²) in [6.07, 6.45) is 8.72. The molecule has 22 heavy (non-hydrogen) atoms. The number of rotatable bonds is 2. The lowest BCUT2D eigenvalue weighted by molar-refractivity contribution is -0.384. The highest BCUT2D eigenvalue weighted by Crippen LogP contribution is 2.33. The molecular formula is C18H15NO3. The number of allylic oxidation sites excluding steroid dienone is 3. The number of hydrogen-bond acceptors (Lipinski definition) is 3. The largest absolute Gasteiger partial charge is 0.489 e. The van der Waals surface area contributed by atoms with Crippen molar-refractivity contribution in [3.8, 4) is 16.9 Å². The molecule has 0 spiro atoms. The number of nitro groups is 1. The molecule has 2 aromatic carbocycles. The van der Waals surface area contributed by atoms with Crippen LogP contribution in [0.3, 0.4) is 0 Å². The van der Waals surface area contributed by atoms with Crippen molar-refractivity contribution in [1.82, 2.24) is 0 Å². The van der Waals surface area contributed by atoms with Gasteiger partial charge >= 0.3 is 0 Å². The monoisotopic (exact) mass is 293 g/mol. The van der Waals surface area contributed by atoms with E-state index < -0.39 is 0 Å². The Bertz CT molecular complexity index is 763. The second kappa shape index (κ2) is 6.26. The van der Waals surface area contributed by atoms with Crippen LogP contribution in [-0.2, 0) is 6.42 Å². The summed E-state index contributed by atoms with van der Waals surface area (Å²) < 4.78 is 5.77. The summed E-state index contributed by atoms with van der Waals surface area (Å²) in [5.41, 5.74) is 2.57. The van der Waals surface area contributed by atoms with Gasteiger partial charge in [0.2, 0.25) is 0 Å². The van der Waals surface area contributed by atoms with Gasteiger partial charge in [0.1, 0.15) is 12.4 Å². The molecule has 0 N–H and O–H groups in total. The molecule has 4 nitrogen and oxygen atoms in total. The van der Waals surface area contributed by atoms with E-state index in [0.717, 1.165) is 23.3 Å². The van der Waals surface area contributed by atoms with Gasteiger partial charge in [0.25, 0.3) is 5.69 Å². The molecule has 0 aromatic heterocycles. The maximum Gasteiger partial charge on any atom is 0.277 e. The highest BCUT2D eigenvalue weighted by atomic mass is 16.6. The van der Waals surface area contributed by atoms with E-state index in [1.165, 1.54) is 6.07 Å². The number of fused-ring (bicyclic) bond motifs is 1. The third-order valence-corrected chi connectivity index (χ3v) is 3.54. The van der Waals surface area contributed by atoms with Crippen molar-refractivity contribution in [3.63, 3.8) is 0 Å². The first-order valence-electron chi connectivity index (χ1n) is 7.07. The van der Waals surface area contributed by atoms with Gasteiger partial charge in [-0.1, -0.05) is 42.5 Å². The van der Waals surface area contributed by atoms with E-state index in [1.807, 2.05) is 36.4 Å². The smallest absolute Gasteiger partial charge is 0.277 e. The Hall–Kier alpha value is -2.88. The summed E-state index contributed by atoms with van der Waals surface area (Å²) >= 11 is 0. The quantitative estimate of drug-likeness (QED) is 0.612. The number of para-hydroxylation sites is 1. The third-order valence-electron chi connectivity index (χ3n) is 3.54. The lowest BCUT2D eigenvalue weighted by atomic mass is 10.0. The van der Waals surface area contributed by atoms with Crippen molar-refractivity contribution in [2.24, 2.45) is 0 Å². The van der Waals surface area contributed by atoms with E-state index in [0.29, 0.717) is 12.2 Å². The van der Waals surface area contributed by atoms with Crippen molar-refractivity contribution < 1.29 is 9.66 Å². The summed E-state index contributed by atoms with van der Waals surface area (Å²) in [4.78, 5) is 10.8.